The van der Waals surface area contributed by atoms with Crippen molar-refractivity contribution < 1.29 is 20.8 Å². The molecule has 4 aliphatic carbocycles. The molecule has 0 aromatic carbocycles. The molecule has 0 aromatic heterocycles. The van der Waals surface area contributed by atoms with Crippen LogP contribution in [0.25, 0.3) is 0 Å². The molecule has 0 N–H and O–H groups in total. The Morgan fingerprint density at radius 2 is 0.903 bits per heavy atom. The van der Waals surface area contributed by atoms with Crippen LogP contribution in [-0.2, 0) is 20.8 Å². The number of hydrogen-bond acceptors (Lipinski definition) is 0. The fourth-order valence-electron chi connectivity index (χ4n) is 5.18. The SMILES string of the molecule is C[Si](C)(C)C([C]1[CH][CH][C]2C=CC=C[C]21)C([C]1[CH][CH][C]2C=CC=C[C]21)[Si](C)(C)C.[Cl][Zr+2][Cl]. The molecule has 0 saturated heterocycles. The Bertz CT molecular complexity index is 656. The first-order chi connectivity index (χ1) is 14.6. The van der Waals surface area contributed by atoms with Crippen LogP contribution < -0.4 is 0 Å². The third-order valence-corrected chi connectivity index (χ3v) is 11.7. The molecule has 2 unspecified atom stereocenters. The fourth-order valence-corrected chi connectivity index (χ4v) is 12.9. The van der Waals surface area contributed by atoms with E-state index in [1.807, 2.05) is 0 Å². The topological polar surface area (TPSA) is 0 Å². The van der Waals surface area contributed by atoms with Gasteiger partial charge >= 0.3 is 37.9 Å². The molecule has 31 heavy (non-hydrogen) atoms. The molecule has 4 rings (SSSR count). The van der Waals surface area contributed by atoms with E-state index in [4.69, 9.17) is 17.0 Å². The van der Waals surface area contributed by atoms with E-state index in [2.05, 4.69) is 114 Å². The van der Waals surface area contributed by atoms with Gasteiger partial charge in [0, 0.05) is 39.8 Å². The van der Waals surface area contributed by atoms with Crippen molar-refractivity contribution in [1.29, 1.82) is 0 Å². The van der Waals surface area contributed by atoms with Gasteiger partial charge in [0.05, 0.1) is 0 Å². The predicted molar refractivity (Wildman–Crippen MR) is 139 cm³/mol. The first-order valence-electron chi connectivity index (χ1n) is 10.8. The van der Waals surface area contributed by atoms with Gasteiger partial charge in [0.2, 0.25) is 0 Å². The fraction of sp³-hybridized carbons (Fsp3) is 0.308. The molecule has 2 fully saturated rings. The van der Waals surface area contributed by atoms with Crippen molar-refractivity contribution in [3.8, 4) is 0 Å². The van der Waals surface area contributed by atoms with E-state index in [-0.39, 0.29) is 0 Å². The van der Waals surface area contributed by atoms with Crippen molar-refractivity contribution in [3.63, 3.8) is 0 Å². The van der Waals surface area contributed by atoms with E-state index in [0.717, 1.165) is 0 Å². The summed E-state index contributed by atoms with van der Waals surface area (Å²) < 4.78 is 0. The molecular formula is C26H32Cl2Si2Zr+2. The second-order valence-corrected chi connectivity index (χ2v) is 25.0. The van der Waals surface area contributed by atoms with Gasteiger partial charge in [-0.1, -0.05) is 87.9 Å². The van der Waals surface area contributed by atoms with Gasteiger partial charge in [-0.3, -0.25) is 0 Å². The summed E-state index contributed by atoms with van der Waals surface area (Å²) in [6.07, 6.45) is 27.5. The molecule has 0 nitrogen and oxygen atoms in total. The normalized spacial score (nSPS) is 25.2. The van der Waals surface area contributed by atoms with Gasteiger partial charge in [0.25, 0.3) is 0 Å². The summed E-state index contributed by atoms with van der Waals surface area (Å²) in [5.41, 5.74) is 1.26. The molecule has 0 aromatic rings. The Balaban J connectivity index is 0.000000858. The molecule has 0 aliphatic heterocycles. The van der Waals surface area contributed by atoms with Crippen LogP contribution in [0.3, 0.4) is 0 Å². The Hall–Kier alpha value is 0.857. The molecule has 5 heteroatoms. The van der Waals surface area contributed by atoms with E-state index in [9.17, 15) is 0 Å². The van der Waals surface area contributed by atoms with Gasteiger partial charge < -0.3 is 0 Å². The quantitative estimate of drug-likeness (QED) is 0.296. The zero-order valence-electron chi connectivity index (χ0n) is 19.3. The zero-order valence-corrected chi connectivity index (χ0v) is 25.3. The van der Waals surface area contributed by atoms with Crippen molar-refractivity contribution in [2.75, 3.05) is 0 Å². The van der Waals surface area contributed by atoms with E-state index >= 15 is 0 Å². The maximum atomic E-state index is 4.93. The summed E-state index contributed by atoms with van der Waals surface area (Å²) in [6.45, 7) is 15.4. The van der Waals surface area contributed by atoms with Gasteiger partial charge in [0.1, 0.15) is 0 Å². The summed E-state index contributed by atoms with van der Waals surface area (Å²) in [7, 11) is 6.89. The number of halogens is 2. The van der Waals surface area contributed by atoms with Crippen molar-refractivity contribution in [2.24, 2.45) is 0 Å². The average molecular weight is 563 g/mol. The number of allylic oxidation sites excluding steroid dienone is 8. The second kappa shape index (κ2) is 11.1. The Morgan fingerprint density at radius 1 is 0.581 bits per heavy atom. The van der Waals surface area contributed by atoms with Gasteiger partial charge in [-0.2, -0.15) is 0 Å². The molecule has 2 saturated carbocycles. The van der Waals surface area contributed by atoms with Crippen molar-refractivity contribution in [2.45, 2.75) is 50.4 Å². The Kier molecular flexibility index (Phi) is 9.45. The van der Waals surface area contributed by atoms with E-state index in [1.54, 1.807) is 11.8 Å². The second-order valence-electron chi connectivity index (χ2n) is 10.5. The van der Waals surface area contributed by atoms with Crippen LogP contribution in [0.15, 0.2) is 48.6 Å². The van der Waals surface area contributed by atoms with E-state index in [1.165, 1.54) is 23.7 Å². The number of rotatable bonds is 5. The van der Waals surface area contributed by atoms with Gasteiger partial charge in [-0.05, 0) is 48.6 Å². The van der Waals surface area contributed by atoms with Crippen molar-refractivity contribution >= 4 is 33.2 Å². The van der Waals surface area contributed by atoms with E-state index in [0.29, 0.717) is 11.1 Å². The monoisotopic (exact) mass is 560 g/mol. The maximum absolute atomic E-state index is 4.93. The van der Waals surface area contributed by atoms with Crippen LogP contribution in [0.5, 0.6) is 0 Å². The molecular weight excluding hydrogens is 531 g/mol. The van der Waals surface area contributed by atoms with Crippen molar-refractivity contribution in [1.82, 2.24) is 0 Å². The molecule has 0 bridgehead atoms. The van der Waals surface area contributed by atoms with Crippen LogP contribution in [0.2, 0.25) is 50.4 Å². The molecule has 0 spiro atoms. The Morgan fingerprint density at radius 3 is 1.23 bits per heavy atom. The minimum atomic E-state index is -1.49. The standard InChI is InChI=1S/C26H32Si2.2ClH.Zr/c1-27(2,3)25(23-17-15-19-11-7-9-13-21(19)23)26(28(4,5)6)24-18-16-20-12-8-10-14-22(20)24;;;/h7-18,25-26H,1-6H3;2*1H;/q;;;+4/p-2. The third-order valence-electron chi connectivity index (χ3n) is 6.30. The predicted octanol–water partition coefficient (Wildman–Crippen LogP) is 8.32. The summed E-state index contributed by atoms with van der Waals surface area (Å²) >= 11 is -0.826. The van der Waals surface area contributed by atoms with Crippen LogP contribution in [0, 0.1) is 61.2 Å². The van der Waals surface area contributed by atoms with Gasteiger partial charge in [-0.25, -0.2) is 0 Å². The van der Waals surface area contributed by atoms with E-state index < -0.39 is 37.0 Å². The first-order valence-corrected chi connectivity index (χ1v) is 24.3. The molecule has 10 radical (unpaired) electrons. The molecule has 0 amide bonds. The van der Waals surface area contributed by atoms with Crippen LogP contribution in [0.1, 0.15) is 0 Å². The number of fused-ring (bicyclic) bond motifs is 2. The summed E-state index contributed by atoms with van der Waals surface area (Å²) in [5, 5.41) is 0. The Labute approximate surface area is 212 Å². The van der Waals surface area contributed by atoms with Crippen molar-refractivity contribution in [3.05, 3.63) is 110 Å². The van der Waals surface area contributed by atoms with Crippen LogP contribution in [0.4, 0.5) is 0 Å². The third kappa shape index (κ3) is 6.11. The molecule has 0 heterocycles. The zero-order chi connectivity index (χ0) is 22.8. The summed E-state index contributed by atoms with van der Waals surface area (Å²) in [5.74, 6) is 8.90. The molecule has 4 aliphatic rings. The number of hydrogen-bond donors (Lipinski definition) is 0. The first kappa shape index (κ1) is 26.5. The summed E-state index contributed by atoms with van der Waals surface area (Å²) in [4.78, 5) is 0. The van der Waals surface area contributed by atoms with Gasteiger partial charge in [0.15, 0.2) is 0 Å². The summed E-state index contributed by atoms with van der Waals surface area (Å²) in [6, 6.07) is 0. The van der Waals surface area contributed by atoms with Crippen LogP contribution in [-0.4, -0.2) is 16.1 Å². The van der Waals surface area contributed by atoms with Crippen LogP contribution >= 0.6 is 17.0 Å². The van der Waals surface area contributed by atoms with Gasteiger partial charge in [-0.15, -0.1) is 0 Å². The molecule has 2 atom stereocenters. The minimum absolute atomic E-state index is 0.630. The molecule has 160 valence electrons. The average Bonchev–Trinajstić information content (AvgIpc) is 3.29.